The fourth-order valence-electron chi connectivity index (χ4n) is 1.77. The Morgan fingerprint density at radius 1 is 1.50 bits per heavy atom. The monoisotopic (exact) mass is 218 g/mol. The molecule has 1 atom stereocenters. The van der Waals surface area contributed by atoms with Crippen LogP contribution in [0, 0.1) is 6.92 Å². The molecule has 16 heavy (non-hydrogen) atoms. The topological polar surface area (TPSA) is 38.0 Å². The normalized spacial score (nSPS) is 12.1. The van der Waals surface area contributed by atoms with Gasteiger partial charge in [0.25, 0.3) is 0 Å². The van der Waals surface area contributed by atoms with Gasteiger partial charge in [-0.15, -0.1) is 0 Å². The molecule has 0 radical (unpaired) electrons. The first kappa shape index (κ1) is 12.6. The molecule has 0 bridgehead atoms. The van der Waals surface area contributed by atoms with Crippen molar-refractivity contribution in [3.63, 3.8) is 0 Å². The Bertz CT molecular complexity index is 345. The molecular weight excluding hydrogens is 196 g/mol. The maximum atomic E-state index is 5.93. The standard InChI is InChI=1S/C14H22N2/c1-4-6-7-14(16-5-2)12-9-8-11(3)13(15)10-12/h5,8-10,14,16H,2,4,6-7,15H2,1,3H3. The lowest BCUT2D eigenvalue weighted by molar-refractivity contribution is 0.541. The molecule has 1 aromatic rings. The number of aryl methyl sites for hydroxylation is 1. The summed E-state index contributed by atoms with van der Waals surface area (Å²) in [5.74, 6) is 0. The highest BCUT2D eigenvalue weighted by Gasteiger charge is 2.09. The second-order valence-corrected chi connectivity index (χ2v) is 4.18. The van der Waals surface area contributed by atoms with Crippen molar-refractivity contribution in [3.05, 3.63) is 42.1 Å². The molecule has 3 N–H and O–H groups in total. The van der Waals surface area contributed by atoms with E-state index in [0.717, 1.165) is 17.7 Å². The minimum atomic E-state index is 0.334. The molecule has 88 valence electrons. The van der Waals surface area contributed by atoms with Gasteiger partial charge in [-0.1, -0.05) is 38.5 Å². The number of anilines is 1. The van der Waals surface area contributed by atoms with Crippen LogP contribution in [0.4, 0.5) is 5.69 Å². The van der Waals surface area contributed by atoms with E-state index in [1.807, 2.05) is 6.92 Å². The quantitative estimate of drug-likeness (QED) is 0.717. The zero-order valence-corrected chi connectivity index (χ0v) is 10.3. The van der Waals surface area contributed by atoms with E-state index in [0.29, 0.717) is 6.04 Å². The largest absolute Gasteiger partial charge is 0.399 e. The highest BCUT2D eigenvalue weighted by Crippen LogP contribution is 2.23. The van der Waals surface area contributed by atoms with Gasteiger partial charge >= 0.3 is 0 Å². The van der Waals surface area contributed by atoms with Crippen LogP contribution in [0.25, 0.3) is 0 Å². The van der Waals surface area contributed by atoms with Crippen LogP contribution in [0.2, 0.25) is 0 Å². The van der Waals surface area contributed by atoms with Gasteiger partial charge in [0, 0.05) is 5.69 Å². The van der Waals surface area contributed by atoms with Crippen molar-refractivity contribution in [2.75, 3.05) is 5.73 Å². The van der Waals surface area contributed by atoms with Crippen LogP contribution in [-0.2, 0) is 0 Å². The third kappa shape index (κ3) is 3.30. The third-order valence-electron chi connectivity index (χ3n) is 2.87. The SMILES string of the molecule is C=CNC(CCCC)c1ccc(C)c(N)c1. The zero-order chi connectivity index (χ0) is 12.0. The summed E-state index contributed by atoms with van der Waals surface area (Å²) >= 11 is 0. The van der Waals surface area contributed by atoms with Crippen molar-refractivity contribution in [1.29, 1.82) is 0 Å². The van der Waals surface area contributed by atoms with Crippen molar-refractivity contribution in [2.24, 2.45) is 0 Å². The first-order valence-electron chi connectivity index (χ1n) is 5.92. The van der Waals surface area contributed by atoms with E-state index in [4.69, 9.17) is 5.73 Å². The Labute approximate surface area is 98.6 Å². The maximum Gasteiger partial charge on any atom is 0.0508 e. The number of hydrogen-bond donors (Lipinski definition) is 2. The van der Waals surface area contributed by atoms with Crippen LogP contribution >= 0.6 is 0 Å². The molecule has 0 saturated carbocycles. The van der Waals surface area contributed by atoms with Crippen LogP contribution in [0.3, 0.4) is 0 Å². The zero-order valence-electron chi connectivity index (χ0n) is 10.3. The first-order chi connectivity index (χ1) is 7.69. The van der Waals surface area contributed by atoms with Crippen molar-refractivity contribution in [3.8, 4) is 0 Å². The summed E-state index contributed by atoms with van der Waals surface area (Å²) in [6.07, 6.45) is 5.29. The van der Waals surface area contributed by atoms with Gasteiger partial charge in [-0.05, 0) is 36.7 Å². The lowest BCUT2D eigenvalue weighted by atomic mass is 9.99. The van der Waals surface area contributed by atoms with Crippen LogP contribution in [-0.4, -0.2) is 0 Å². The lowest BCUT2D eigenvalue weighted by Crippen LogP contribution is -2.15. The maximum absolute atomic E-state index is 5.93. The van der Waals surface area contributed by atoms with Gasteiger partial charge in [0.1, 0.15) is 0 Å². The van der Waals surface area contributed by atoms with Gasteiger partial charge in [0.2, 0.25) is 0 Å². The fourth-order valence-corrected chi connectivity index (χ4v) is 1.77. The molecule has 0 amide bonds. The molecule has 0 spiro atoms. The van der Waals surface area contributed by atoms with E-state index in [-0.39, 0.29) is 0 Å². The molecule has 2 nitrogen and oxygen atoms in total. The average Bonchev–Trinajstić information content (AvgIpc) is 2.28. The molecular formula is C14H22N2. The predicted molar refractivity (Wildman–Crippen MR) is 71.2 cm³/mol. The number of nitrogen functional groups attached to an aromatic ring is 1. The smallest absolute Gasteiger partial charge is 0.0508 e. The molecule has 0 fully saturated rings. The van der Waals surface area contributed by atoms with Crippen LogP contribution in [0.5, 0.6) is 0 Å². The molecule has 0 aliphatic carbocycles. The highest BCUT2D eigenvalue weighted by atomic mass is 14.9. The molecule has 1 rings (SSSR count). The predicted octanol–water partition coefficient (Wildman–Crippen LogP) is 3.54. The summed E-state index contributed by atoms with van der Waals surface area (Å²) in [5.41, 5.74) is 9.18. The molecule has 0 aromatic heterocycles. The number of hydrogen-bond acceptors (Lipinski definition) is 2. The lowest BCUT2D eigenvalue weighted by Gasteiger charge is -2.18. The van der Waals surface area contributed by atoms with Crippen LogP contribution < -0.4 is 11.1 Å². The third-order valence-corrected chi connectivity index (χ3v) is 2.87. The Kier molecular flexibility index (Phi) is 4.90. The average molecular weight is 218 g/mol. The number of nitrogens with one attached hydrogen (secondary N) is 1. The van der Waals surface area contributed by atoms with Crippen molar-refractivity contribution in [2.45, 2.75) is 39.2 Å². The molecule has 1 aromatic carbocycles. The van der Waals surface area contributed by atoms with Crippen molar-refractivity contribution < 1.29 is 0 Å². The molecule has 2 heteroatoms. The van der Waals surface area contributed by atoms with Gasteiger partial charge in [0.15, 0.2) is 0 Å². The first-order valence-corrected chi connectivity index (χ1v) is 5.92. The summed E-state index contributed by atoms with van der Waals surface area (Å²) in [7, 11) is 0. The number of benzene rings is 1. The van der Waals surface area contributed by atoms with Gasteiger partial charge in [-0.25, -0.2) is 0 Å². The summed E-state index contributed by atoms with van der Waals surface area (Å²) in [5, 5.41) is 3.29. The molecule has 0 saturated heterocycles. The summed E-state index contributed by atoms with van der Waals surface area (Å²) in [6, 6.07) is 6.61. The fraction of sp³-hybridized carbons (Fsp3) is 0.429. The van der Waals surface area contributed by atoms with Crippen LogP contribution in [0.15, 0.2) is 31.0 Å². The van der Waals surface area contributed by atoms with E-state index >= 15 is 0 Å². The number of nitrogens with two attached hydrogens (primary N) is 1. The van der Waals surface area contributed by atoms with Gasteiger partial charge in [0.05, 0.1) is 6.04 Å². The summed E-state index contributed by atoms with van der Waals surface area (Å²) < 4.78 is 0. The molecule has 0 aliphatic heterocycles. The van der Waals surface area contributed by atoms with Gasteiger partial charge in [-0.2, -0.15) is 0 Å². The summed E-state index contributed by atoms with van der Waals surface area (Å²) in [6.45, 7) is 7.96. The second-order valence-electron chi connectivity index (χ2n) is 4.18. The Hall–Kier alpha value is -1.44. The van der Waals surface area contributed by atoms with Gasteiger partial charge in [-0.3, -0.25) is 0 Å². The molecule has 0 heterocycles. The van der Waals surface area contributed by atoms with Crippen molar-refractivity contribution in [1.82, 2.24) is 5.32 Å². The van der Waals surface area contributed by atoms with Gasteiger partial charge < -0.3 is 11.1 Å². The molecule has 1 unspecified atom stereocenters. The Balaban J connectivity index is 2.82. The Morgan fingerprint density at radius 3 is 2.81 bits per heavy atom. The van der Waals surface area contributed by atoms with E-state index in [2.05, 4.69) is 37.0 Å². The van der Waals surface area contributed by atoms with E-state index in [9.17, 15) is 0 Å². The van der Waals surface area contributed by atoms with E-state index < -0.39 is 0 Å². The van der Waals surface area contributed by atoms with Crippen LogP contribution in [0.1, 0.15) is 43.4 Å². The number of rotatable bonds is 6. The Morgan fingerprint density at radius 2 is 2.25 bits per heavy atom. The highest BCUT2D eigenvalue weighted by molar-refractivity contribution is 5.49. The second kappa shape index (κ2) is 6.21. The summed E-state index contributed by atoms with van der Waals surface area (Å²) in [4.78, 5) is 0. The number of unbranched alkanes of at least 4 members (excludes halogenated alkanes) is 1. The molecule has 0 aliphatic rings. The van der Waals surface area contributed by atoms with Crippen molar-refractivity contribution >= 4 is 5.69 Å². The minimum absolute atomic E-state index is 0.334. The van der Waals surface area contributed by atoms with E-state index in [1.165, 1.54) is 18.4 Å². The minimum Gasteiger partial charge on any atom is -0.399 e. The van der Waals surface area contributed by atoms with E-state index in [1.54, 1.807) is 6.20 Å².